The Morgan fingerprint density at radius 3 is 2.12 bits per heavy atom. The van der Waals surface area contributed by atoms with E-state index in [4.69, 9.17) is 0 Å². The van der Waals surface area contributed by atoms with Crippen molar-refractivity contribution in [1.82, 2.24) is 4.90 Å². The second-order valence-corrected chi connectivity index (χ2v) is 5.11. The molecular formula is C15H15F6NO3. The van der Waals surface area contributed by atoms with E-state index >= 15 is 0 Å². The highest BCUT2D eigenvalue weighted by molar-refractivity contribution is 6.06. The Hall–Kier alpha value is -2.39. The van der Waals surface area contributed by atoms with Crippen LogP contribution < -0.4 is 9.47 Å². The topological polar surface area (TPSA) is 38.8 Å². The molecule has 0 heterocycles. The van der Waals surface area contributed by atoms with Crippen LogP contribution in [-0.2, 0) is 0 Å². The summed E-state index contributed by atoms with van der Waals surface area (Å²) in [4.78, 5) is 13.6. The summed E-state index contributed by atoms with van der Waals surface area (Å²) < 4.78 is 82.4. The molecule has 10 heteroatoms. The van der Waals surface area contributed by atoms with Gasteiger partial charge in [0.05, 0.1) is 5.56 Å². The van der Waals surface area contributed by atoms with E-state index in [0.29, 0.717) is 0 Å². The van der Waals surface area contributed by atoms with Gasteiger partial charge in [0.1, 0.15) is 11.5 Å². The molecule has 0 bridgehead atoms. The van der Waals surface area contributed by atoms with Gasteiger partial charge in [-0.15, -0.1) is 0 Å². The molecule has 0 saturated heterocycles. The highest BCUT2D eigenvalue weighted by Gasteiger charge is 2.30. The van der Waals surface area contributed by atoms with E-state index in [2.05, 4.69) is 9.47 Å². The molecule has 25 heavy (non-hydrogen) atoms. The number of hydrogen-bond acceptors (Lipinski definition) is 4. The Kier molecular flexibility index (Phi) is 6.71. The van der Waals surface area contributed by atoms with Crippen LogP contribution in [0.3, 0.4) is 0 Å². The summed E-state index contributed by atoms with van der Waals surface area (Å²) in [7, 11) is 3.21. The molecule has 0 aliphatic rings. The van der Waals surface area contributed by atoms with E-state index < -0.39 is 37.1 Å². The highest BCUT2D eigenvalue weighted by Crippen LogP contribution is 2.28. The Balaban J connectivity index is 3.08. The number of nitrogens with zero attached hydrogens (tertiary/aromatic N) is 1. The Morgan fingerprint density at radius 1 is 1.04 bits per heavy atom. The molecule has 0 N–H and O–H groups in total. The number of hydrogen-bond donors (Lipinski definition) is 0. The number of rotatable bonds is 7. The van der Waals surface area contributed by atoms with Gasteiger partial charge in [0.15, 0.2) is 19.0 Å². The van der Waals surface area contributed by atoms with Crippen molar-refractivity contribution in [3.63, 3.8) is 0 Å². The summed E-state index contributed by atoms with van der Waals surface area (Å²) >= 11 is 0. The number of allylic oxidation sites excluding steroid dienone is 1. The molecule has 0 amide bonds. The van der Waals surface area contributed by atoms with E-state index in [1.165, 1.54) is 11.1 Å². The van der Waals surface area contributed by atoms with Crippen LogP contribution in [0, 0.1) is 0 Å². The van der Waals surface area contributed by atoms with Crippen LogP contribution in [0.15, 0.2) is 30.5 Å². The summed E-state index contributed by atoms with van der Waals surface area (Å²) in [6.07, 6.45) is -6.85. The van der Waals surface area contributed by atoms with Gasteiger partial charge in [-0.2, -0.15) is 26.3 Å². The standard InChI is InChI=1S/C15H15F6NO3/c1-22(2)6-5-12(23)11-7-10(24-8-14(16,17)18)3-4-13(11)25-9-15(19,20)21/h3-7H,8-9H2,1-2H3/b6-5+. The van der Waals surface area contributed by atoms with E-state index in [1.54, 1.807) is 14.1 Å². The summed E-state index contributed by atoms with van der Waals surface area (Å²) in [5, 5.41) is 0. The average Bonchev–Trinajstić information content (AvgIpc) is 2.47. The molecule has 0 atom stereocenters. The third-order valence-corrected chi connectivity index (χ3v) is 2.53. The molecule has 0 spiro atoms. The van der Waals surface area contributed by atoms with Crippen LogP contribution in [0.5, 0.6) is 11.5 Å². The maximum atomic E-state index is 12.3. The molecule has 0 saturated carbocycles. The second-order valence-electron chi connectivity index (χ2n) is 5.11. The number of ether oxygens (including phenoxy) is 2. The first kappa shape index (κ1) is 20.7. The van der Waals surface area contributed by atoms with Crippen molar-refractivity contribution >= 4 is 5.78 Å². The predicted octanol–water partition coefficient (Wildman–Crippen LogP) is 3.83. The van der Waals surface area contributed by atoms with Crippen LogP contribution in [0.1, 0.15) is 10.4 Å². The average molecular weight is 371 g/mol. The van der Waals surface area contributed by atoms with Crippen molar-refractivity contribution in [2.75, 3.05) is 27.3 Å². The number of carbonyl (C=O) groups is 1. The number of ketones is 1. The van der Waals surface area contributed by atoms with E-state index in [-0.39, 0.29) is 11.3 Å². The normalized spacial score (nSPS) is 12.3. The van der Waals surface area contributed by atoms with Gasteiger partial charge in [-0.3, -0.25) is 4.79 Å². The van der Waals surface area contributed by atoms with E-state index in [1.807, 2.05) is 0 Å². The largest absolute Gasteiger partial charge is 0.484 e. The fourth-order valence-electron chi connectivity index (χ4n) is 1.55. The molecule has 0 aromatic heterocycles. The fourth-order valence-corrected chi connectivity index (χ4v) is 1.55. The third-order valence-electron chi connectivity index (χ3n) is 2.53. The molecule has 0 unspecified atom stereocenters. The van der Waals surface area contributed by atoms with Crippen molar-refractivity contribution in [3.8, 4) is 11.5 Å². The first-order valence-electron chi connectivity index (χ1n) is 6.79. The first-order valence-corrected chi connectivity index (χ1v) is 6.79. The van der Waals surface area contributed by atoms with Crippen molar-refractivity contribution in [2.45, 2.75) is 12.4 Å². The molecule has 0 fully saturated rings. The smallest absolute Gasteiger partial charge is 0.422 e. The fraction of sp³-hybridized carbons (Fsp3) is 0.400. The summed E-state index contributed by atoms with van der Waals surface area (Å²) in [5.74, 6) is -1.48. The third kappa shape index (κ3) is 8.32. The zero-order valence-electron chi connectivity index (χ0n) is 13.2. The lowest BCUT2D eigenvalue weighted by molar-refractivity contribution is -0.154. The van der Waals surface area contributed by atoms with Gasteiger partial charge >= 0.3 is 12.4 Å². The predicted molar refractivity (Wildman–Crippen MR) is 76.7 cm³/mol. The van der Waals surface area contributed by atoms with Crippen molar-refractivity contribution < 1.29 is 40.6 Å². The van der Waals surface area contributed by atoms with Crippen LogP contribution in [0.2, 0.25) is 0 Å². The Labute approximate surface area is 139 Å². The van der Waals surface area contributed by atoms with Crippen molar-refractivity contribution in [1.29, 1.82) is 0 Å². The maximum absolute atomic E-state index is 12.3. The minimum atomic E-state index is -4.63. The lowest BCUT2D eigenvalue weighted by Gasteiger charge is -2.14. The minimum Gasteiger partial charge on any atom is -0.484 e. The van der Waals surface area contributed by atoms with Gasteiger partial charge in [0.25, 0.3) is 0 Å². The maximum Gasteiger partial charge on any atom is 0.422 e. The minimum absolute atomic E-state index is 0.321. The number of alkyl halides is 6. The van der Waals surface area contributed by atoms with Crippen molar-refractivity contribution in [3.05, 3.63) is 36.0 Å². The Bertz CT molecular complexity index is 623. The van der Waals surface area contributed by atoms with Gasteiger partial charge in [0, 0.05) is 26.4 Å². The molecule has 1 aromatic rings. The summed E-state index contributed by atoms with van der Waals surface area (Å²) in [6.45, 7) is -3.25. The molecular weight excluding hydrogens is 356 g/mol. The van der Waals surface area contributed by atoms with E-state index in [0.717, 1.165) is 24.3 Å². The Morgan fingerprint density at radius 2 is 1.60 bits per heavy atom. The van der Waals surface area contributed by atoms with Gasteiger partial charge < -0.3 is 14.4 Å². The summed E-state index contributed by atoms with van der Waals surface area (Å²) in [5.41, 5.74) is -0.345. The van der Waals surface area contributed by atoms with Crippen molar-refractivity contribution in [2.24, 2.45) is 0 Å². The van der Waals surface area contributed by atoms with Gasteiger partial charge in [0.2, 0.25) is 0 Å². The molecule has 4 nitrogen and oxygen atoms in total. The van der Waals surface area contributed by atoms with Crippen LogP contribution in [0.25, 0.3) is 0 Å². The molecule has 0 aliphatic carbocycles. The summed E-state index contributed by atoms with van der Waals surface area (Å²) in [6, 6.07) is 2.85. The second kappa shape index (κ2) is 8.13. The van der Waals surface area contributed by atoms with Crippen LogP contribution in [0.4, 0.5) is 26.3 Å². The molecule has 1 rings (SSSR count). The highest BCUT2D eigenvalue weighted by atomic mass is 19.4. The molecule has 1 aromatic carbocycles. The SMILES string of the molecule is CN(C)/C=C/C(=O)c1cc(OCC(F)(F)F)ccc1OCC(F)(F)F. The van der Waals surface area contributed by atoms with E-state index in [9.17, 15) is 31.1 Å². The zero-order valence-corrected chi connectivity index (χ0v) is 13.2. The van der Waals surface area contributed by atoms with Crippen LogP contribution >= 0.6 is 0 Å². The molecule has 140 valence electrons. The number of carbonyl (C=O) groups excluding carboxylic acids is 1. The number of halogens is 6. The number of benzene rings is 1. The van der Waals surface area contributed by atoms with Crippen LogP contribution in [-0.4, -0.2) is 50.3 Å². The van der Waals surface area contributed by atoms with Gasteiger partial charge in [-0.25, -0.2) is 0 Å². The molecule has 0 aliphatic heterocycles. The monoisotopic (exact) mass is 371 g/mol. The zero-order chi connectivity index (χ0) is 19.3. The lowest BCUT2D eigenvalue weighted by atomic mass is 10.1. The lowest BCUT2D eigenvalue weighted by Crippen LogP contribution is -2.21. The molecule has 0 radical (unpaired) electrons. The first-order chi connectivity index (χ1) is 11.4. The quantitative estimate of drug-likeness (QED) is 0.415. The van der Waals surface area contributed by atoms with Gasteiger partial charge in [-0.05, 0) is 18.2 Å². The van der Waals surface area contributed by atoms with Gasteiger partial charge in [-0.1, -0.05) is 0 Å².